The maximum absolute atomic E-state index is 10.2. The lowest BCUT2D eigenvalue weighted by Gasteiger charge is -2.10. The molecule has 0 radical (unpaired) electrons. The van der Waals surface area contributed by atoms with Crippen molar-refractivity contribution in [1.29, 1.82) is 0 Å². The van der Waals surface area contributed by atoms with Gasteiger partial charge < -0.3 is 9.84 Å². The Morgan fingerprint density at radius 2 is 2.26 bits per heavy atom. The SMILES string of the molecule is C=CCc1cc(/C=N\n2c(CC)n[nH]c2=S)cc(OCC)c1O. The van der Waals surface area contributed by atoms with E-state index in [-0.39, 0.29) is 5.75 Å². The number of phenolic OH excluding ortho intramolecular Hbond substituents is 1. The molecule has 0 saturated carbocycles. The zero-order chi connectivity index (χ0) is 16.8. The van der Waals surface area contributed by atoms with Crippen LogP contribution >= 0.6 is 12.2 Å². The number of benzene rings is 1. The molecule has 0 unspecified atom stereocenters. The van der Waals surface area contributed by atoms with Gasteiger partial charge in [0.15, 0.2) is 17.3 Å². The molecule has 23 heavy (non-hydrogen) atoms. The Bertz CT molecular complexity index is 777. The van der Waals surface area contributed by atoms with E-state index in [1.54, 1.807) is 23.0 Å². The third-order valence-electron chi connectivity index (χ3n) is 3.20. The number of aryl methyl sites for hydroxylation is 1. The number of allylic oxidation sites excluding steroid dienone is 1. The van der Waals surface area contributed by atoms with E-state index in [0.717, 1.165) is 17.0 Å². The Labute approximate surface area is 140 Å². The minimum Gasteiger partial charge on any atom is -0.504 e. The van der Waals surface area contributed by atoms with Gasteiger partial charge in [-0.2, -0.15) is 14.9 Å². The second-order valence-corrected chi connectivity index (χ2v) is 5.19. The number of hydrogen-bond donors (Lipinski definition) is 2. The van der Waals surface area contributed by atoms with E-state index < -0.39 is 0 Å². The summed E-state index contributed by atoms with van der Waals surface area (Å²) in [4.78, 5) is 0. The number of phenols is 1. The Morgan fingerprint density at radius 1 is 1.48 bits per heavy atom. The summed E-state index contributed by atoms with van der Waals surface area (Å²) in [6, 6.07) is 3.59. The van der Waals surface area contributed by atoms with Crippen molar-refractivity contribution in [2.24, 2.45) is 5.10 Å². The predicted molar refractivity (Wildman–Crippen MR) is 93.0 cm³/mol. The number of rotatable bonds is 7. The molecule has 0 bridgehead atoms. The van der Waals surface area contributed by atoms with Gasteiger partial charge in [-0.3, -0.25) is 5.10 Å². The van der Waals surface area contributed by atoms with Gasteiger partial charge in [0.25, 0.3) is 0 Å². The summed E-state index contributed by atoms with van der Waals surface area (Å²) in [5.41, 5.74) is 1.53. The molecular weight excluding hydrogens is 312 g/mol. The van der Waals surface area contributed by atoms with Crippen molar-refractivity contribution in [3.05, 3.63) is 46.5 Å². The van der Waals surface area contributed by atoms with Gasteiger partial charge in [0.2, 0.25) is 4.77 Å². The van der Waals surface area contributed by atoms with Gasteiger partial charge in [0, 0.05) is 12.0 Å². The van der Waals surface area contributed by atoms with Crippen LogP contribution in [0, 0.1) is 4.77 Å². The van der Waals surface area contributed by atoms with E-state index >= 15 is 0 Å². The van der Waals surface area contributed by atoms with E-state index in [0.29, 0.717) is 30.0 Å². The minimum atomic E-state index is 0.137. The van der Waals surface area contributed by atoms with Crippen LogP contribution in [-0.2, 0) is 12.8 Å². The van der Waals surface area contributed by atoms with Crippen LogP contribution in [0.4, 0.5) is 0 Å². The van der Waals surface area contributed by atoms with Crippen LogP contribution in [-0.4, -0.2) is 32.8 Å². The molecule has 122 valence electrons. The maximum atomic E-state index is 10.2. The van der Waals surface area contributed by atoms with Crippen molar-refractivity contribution < 1.29 is 9.84 Å². The monoisotopic (exact) mass is 332 g/mol. The molecule has 0 saturated heterocycles. The number of aromatic hydroxyl groups is 1. The van der Waals surface area contributed by atoms with Crippen molar-refractivity contribution in [2.75, 3.05) is 6.61 Å². The Balaban J connectivity index is 2.42. The molecule has 2 rings (SSSR count). The van der Waals surface area contributed by atoms with Crippen LogP contribution in [0.1, 0.15) is 30.8 Å². The largest absolute Gasteiger partial charge is 0.504 e. The number of H-pyrrole nitrogens is 1. The molecule has 1 heterocycles. The normalized spacial score (nSPS) is 11.0. The summed E-state index contributed by atoms with van der Waals surface area (Å²) in [5.74, 6) is 1.32. The molecule has 6 nitrogen and oxygen atoms in total. The fraction of sp³-hybridized carbons (Fsp3) is 0.312. The van der Waals surface area contributed by atoms with Crippen LogP contribution in [0.25, 0.3) is 0 Å². The van der Waals surface area contributed by atoms with Gasteiger partial charge in [-0.05, 0) is 43.3 Å². The summed E-state index contributed by atoms with van der Waals surface area (Å²) in [5, 5.41) is 21.4. The molecule has 0 fully saturated rings. The molecule has 1 aromatic heterocycles. The van der Waals surface area contributed by atoms with Gasteiger partial charge in [-0.25, -0.2) is 0 Å². The first-order valence-electron chi connectivity index (χ1n) is 7.40. The summed E-state index contributed by atoms with van der Waals surface area (Å²) >= 11 is 5.16. The van der Waals surface area contributed by atoms with Crippen molar-refractivity contribution in [3.8, 4) is 11.5 Å². The van der Waals surface area contributed by atoms with E-state index in [2.05, 4.69) is 21.9 Å². The molecule has 2 N–H and O–H groups in total. The lowest BCUT2D eigenvalue weighted by atomic mass is 10.1. The summed E-state index contributed by atoms with van der Waals surface area (Å²) in [6.45, 7) is 8.02. The average molecular weight is 332 g/mol. The standard InChI is InChI=1S/C16H20N4O2S/c1-4-7-12-8-11(9-13(15(12)21)22-6-3)10-17-20-14(5-2)18-19-16(20)23/h4,8-10,21H,1,5-7H2,2-3H3,(H,19,23)/b17-10-. The third kappa shape index (κ3) is 3.87. The van der Waals surface area contributed by atoms with Crippen LogP contribution in [0.3, 0.4) is 0 Å². The first-order chi connectivity index (χ1) is 11.1. The third-order valence-corrected chi connectivity index (χ3v) is 3.46. The zero-order valence-electron chi connectivity index (χ0n) is 13.2. The molecule has 0 atom stereocenters. The number of hydrogen-bond acceptors (Lipinski definition) is 5. The van der Waals surface area contributed by atoms with E-state index in [1.165, 1.54) is 0 Å². The van der Waals surface area contributed by atoms with Gasteiger partial charge in [0.1, 0.15) is 0 Å². The van der Waals surface area contributed by atoms with Crippen molar-refractivity contribution in [3.63, 3.8) is 0 Å². The zero-order valence-corrected chi connectivity index (χ0v) is 14.1. The maximum Gasteiger partial charge on any atom is 0.216 e. The smallest absolute Gasteiger partial charge is 0.216 e. The van der Waals surface area contributed by atoms with Crippen molar-refractivity contribution in [1.82, 2.24) is 14.9 Å². The molecular formula is C16H20N4O2S. The lowest BCUT2D eigenvalue weighted by Crippen LogP contribution is -1.99. The molecule has 0 aliphatic heterocycles. The second-order valence-electron chi connectivity index (χ2n) is 4.81. The highest BCUT2D eigenvalue weighted by Crippen LogP contribution is 2.32. The van der Waals surface area contributed by atoms with Crippen molar-refractivity contribution >= 4 is 18.4 Å². The van der Waals surface area contributed by atoms with Crippen LogP contribution in [0.15, 0.2) is 29.9 Å². The fourth-order valence-corrected chi connectivity index (χ4v) is 2.34. The van der Waals surface area contributed by atoms with Crippen molar-refractivity contribution in [2.45, 2.75) is 26.7 Å². The summed E-state index contributed by atoms with van der Waals surface area (Å²) in [6.07, 6.45) is 4.65. The fourth-order valence-electron chi connectivity index (χ4n) is 2.14. The highest BCUT2D eigenvalue weighted by atomic mass is 32.1. The number of nitrogens with one attached hydrogen (secondary N) is 1. The molecule has 0 aliphatic carbocycles. The average Bonchev–Trinajstić information content (AvgIpc) is 2.90. The van der Waals surface area contributed by atoms with E-state index in [1.807, 2.05) is 19.9 Å². The molecule has 2 aromatic rings. The molecule has 0 spiro atoms. The van der Waals surface area contributed by atoms with Crippen LogP contribution in [0.5, 0.6) is 11.5 Å². The quantitative estimate of drug-likeness (QED) is 0.464. The Morgan fingerprint density at radius 3 is 2.91 bits per heavy atom. The van der Waals surface area contributed by atoms with Crippen LogP contribution < -0.4 is 4.74 Å². The predicted octanol–water partition coefficient (Wildman–Crippen LogP) is 3.22. The first-order valence-corrected chi connectivity index (χ1v) is 7.81. The number of aromatic nitrogens is 3. The molecule has 7 heteroatoms. The highest BCUT2D eigenvalue weighted by Gasteiger charge is 2.10. The van der Waals surface area contributed by atoms with Crippen LogP contribution in [0.2, 0.25) is 0 Å². The minimum absolute atomic E-state index is 0.137. The number of ether oxygens (including phenoxy) is 1. The van der Waals surface area contributed by atoms with Gasteiger partial charge >= 0.3 is 0 Å². The van der Waals surface area contributed by atoms with Gasteiger partial charge in [-0.15, -0.1) is 6.58 Å². The molecule has 0 amide bonds. The summed E-state index contributed by atoms with van der Waals surface area (Å²) in [7, 11) is 0. The summed E-state index contributed by atoms with van der Waals surface area (Å²) < 4.78 is 7.50. The Kier molecular flexibility index (Phi) is 5.70. The van der Waals surface area contributed by atoms with E-state index in [9.17, 15) is 5.11 Å². The highest BCUT2D eigenvalue weighted by molar-refractivity contribution is 7.71. The van der Waals surface area contributed by atoms with Gasteiger partial charge in [0.05, 0.1) is 12.8 Å². The molecule has 0 aliphatic rings. The first kappa shape index (κ1) is 17.0. The van der Waals surface area contributed by atoms with Gasteiger partial charge in [-0.1, -0.05) is 13.0 Å². The molecule has 1 aromatic carbocycles. The lowest BCUT2D eigenvalue weighted by molar-refractivity contribution is 0.317. The van der Waals surface area contributed by atoms with E-state index in [4.69, 9.17) is 17.0 Å². The second kappa shape index (κ2) is 7.73. The topological polar surface area (TPSA) is 75.4 Å². The Hall–Kier alpha value is -2.41. The number of aromatic amines is 1. The number of nitrogens with zero attached hydrogens (tertiary/aromatic N) is 3.